The van der Waals surface area contributed by atoms with Crippen LogP contribution in [0.15, 0.2) is 18.2 Å². The Kier molecular flexibility index (Phi) is 3.35. The first-order chi connectivity index (χ1) is 6.63. The maximum Gasteiger partial charge on any atom is 0.253 e. The Morgan fingerprint density at radius 2 is 2.07 bits per heavy atom. The summed E-state index contributed by atoms with van der Waals surface area (Å²) < 4.78 is 25.1. The number of amides is 1. The highest BCUT2D eigenvalue weighted by Crippen LogP contribution is 2.12. The van der Waals surface area contributed by atoms with Crippen LogP contribution in [0, 0.1) is 11.6 Å². The Hall–Kier alpha value is -1.69. The molecular weight excluding hydrogens is 192 g/mol. The summed E-state index contributed by atoms with van der Waals surface area (Å²) in [6.07, 6.45) is 0. The van der Waals surface area contributed by atoms with Crippen LogP contribution in [-0.4, -0.2) is 12.5 Å². The molecule has 1 aromatic rings. The van der Waals surface area contributed by atoms with Crippen LogP contribution in [0.5, 0.6) is 0 Å². The van der Waals surface area contributed by atoms with Crippen LogP contribution in [0.2, 0.25) is 0 Å². The topological polar surface area (TPSA) is 67.1 Å². The van der Waals surface area contributed by atoms with Crippen LogP contribution < -0.4 is 16.6 Å². The van der Waals surface area contributed by atoms with Crippen LogP contribution in [0.25, 0.3) is 0 Å². The molecule has 1 amide bonds. The molecule has 0 radical (unpaired) electrons. The summed E-state index contributed by atoms with van der Waals surface area (Å²) in [5.74, 6) is 2.47. The summed E-state index contributed by atoms with van der Waals surface area (Å²) in [6, 6.07) is 3.25. The Balaban J connectivity index is 2.60. The summed E-state index contributed by atoms with van der Waals surface area (Å²) in [7, 11) is 0. The van der Waals surface area contributed by atoms with Gasteiger partial charge in [-0.25, -0.2) is 14.6 Å². The molecule has 14 heavy (non-hydrogen) atoms. The first kappa shape index (κ1) is 10.4. The van der Waals surface area contributed by atoms with Gasteiger partial charge in [0.2, 0.25) is 0 Å². The highest BCUT2D eigenvalue weighted by atomic mass is 19.2. The van der Waals surface area contributed by atoms with E-state index in [1.165, 1.54) is 6.07 Å². The van der Waals surface area contributed by atoms with Gasteiger partial charge in [-0.15, -0.1) is 0 Å². The minimum atomic E-state index is -0.969. The van der Waals surface area contributed by atoms with E-state index in [9.17, 15) is 13.6 Å². The average molecular weight is 201 g/mol. The third-order valence-corrected chi connectivity index (χ3v) is 1.53. The molecule has 0 saturated heterocycles. The number of hydrogen-bond acceptors (Lipinski definition) is 3. The number of benzene rings is 1. The zero-order valence-electron chi connectivity index (χ0n) is 7.18. The summed E-state index contributed by atoms with van der Waals surface area (Å²) in [5, 5.41) is 2.56. The van der Waals surface area contributed by atoms with Crippen molar-refractivity contribution in [3.05, 3.63) is 29.8 Å². The molecule has 0 atom stereocenters. The van der Waals surface area contributed by atoms with E-state index >= 15 is 0 Å². The van der Waals surface area contributed by atoms with E-state index in [2.05, 4.69) is 5.32 Å². The molecule has 1 rings (SSSR count). The first-order valence-corrected chi connectivity index (χ1v) is 3.82. The lowest BCUT2D eigenvalue weighted by Gasteiger charge is -2.04. The fraction of sp³-hybridized carbons (Fsp3) is 0.125. The van der Waals surface area contributed by atoms with Crippen LogP contribution in [0.3, 0.4) is 0 Å². The SMILES string of the molecule is NNC(=O)CNc1ccc(F)c(F)c1. The molecule has 0 aromatic heterocycles. The van der Waals surface area contributed by atoms with E-state index in [0.717, 1.165) is 12.1 Å². The van der Waals surface area contributed by atoms with E-state index in [1.807, 2.05) is 5.43 Å². The van der Waals surface area contributed by atoms with Gasteiger partial charge in [-0.2, -0.15) is 0 Å². The number of nitrogens with two attached hydrogens (primary N) is 1. The fourth-order valence-electron chi connectivity index (χ4n) is 0.839. The number of carbonyl (C=O) groups is 1. The van der Waals surface area contributed by atoms with Crippen LogP contribution in [0.1, 0.15) is 0 Å². The molecule has 0 bridgehead atoms. The zero-order chi connectivity index (χ0) is 10.6. The van der Waals surface area contributed by atoms with Crippen molar-refractivity contribution in [1.29, 1.82) is 0 Å². The molecule has 0 aliphatic rings. The second-order valence-corrected chi connectivity index (χ2v) is 2.55. The molecule has 76 valence electrons. The lowest BCUT2D eigenvalue weighted by molar-refractivity contribution is -0.119. The normalized spacial score (nSPS) is 9.64. The Morgan fingerprint density at radius 3 is 2.64 bits per heavy atom. The minimum Gasteiger partial charge on any atom is -0.376 e. The second kappa shape index (κ2) is 4.52. The van der Waals surface area contributed by atoms with E-state index in [1.54, 1.807) is 0 Å². The maximum absolute atomic E-state index is 12.6. The summed E-state index contributed by atoms with van der Waals surface area (Å²) in [6.45, 7) is -0.0957. The van der Waals surface area contributed by atoms with Crippen LogP contribution in [-0.2, 0) is 4.79 Å². The van der Waals surface area contributed by atoms with Crippen molar-refractivity contribution < 1.29 is 13.6 Å². The molecule has 0 heterocycles. The number of hydrogen-bond donors (Lipinski definition) is 3. The van der Waals surface area contributed by atoms with E-state index in [4.69, 9.17) is 5.84 Å². The monoisotopic (exact) mass is 201 g/mol. The quantitative estimate of drug-likeness (QED) is 0.376. The standard InChI is InChI=1S/C8H9F2N3O/c9-6-2-1-5(3-7(6)10)12-4-8(14)13-11/h1-3,12H,4,11H2,(H,13,14). The minimum absolute atomic E-state index is 0.0957. The van der Waals surface area contributed by atoms with Crippen molar-refractivity contribution in [2.24, 2.45) is 5.84 Å². The van der Waals surface area contributed by atoms with Gasteiger partial charge in [0.05, 0.1) is 6.54 Å². The second-order valence-electron chi connectivity index (χ2n) is 2.55. The molecule has 0 saturated carbocycles. The van der Waals surface area contributed by atoms with E-state index in [0.29, 0.717) is 5.69 Å². The third kappa shape index (κ3) is 2.67. The first-order valence-electron chi connectivity index (χ1n) is 3.82. The lowest BCUT2D eigenvalue weighted by atomic mass is 10.3. The van der Waals surface area contributed by atoms with Gasteiger partial charge in [0.1, 0.15) is 0 Å². The molecule has 0 aliphatic heterocycles. The van der Waals surface area contributed by atoms with Crippen LogP contribution >= 0.6 is 0 Å². The van der Waals surface area contributed by atoms with E-state index in [-0.39, 0.29) is 6.54 Å². The summed E-state index contributed by atoms with van der Waals surface area (Å²) in [4.78, 5) is 10.7. The highest BCUT2D eigenvalue weighted by molar-refractivity contribution is 5.79. The van der Waals surface area contributed by atoms with Crippen molar-refractivity contribution in [3.8, 4) is 0 Å². The van der Waals surface area contributed by atoms with Gasteiger partial charge in [-0.05, 0) is 12.1 Å². The third-order valence-electron chi connectivity index (χ3n) is 1.53. The fourth-order valence-corrected chi connectivity index (χ4v) is 0.839. The Morgan fingerprint density at radius 1 is 1.36 bits per heavy atom. The zero-order valence-corrected chi connectivity index (χ0v) is 7.18. The lowest BCUT2D eigenvalue weighted by Crippen LogP contribution is -2.35. The molecule has 1 aromatic carbocycles. The smallest absolute Gasteiger partial charge is 0.253 e. The maximum atomic E-state index is 12.6. The number of rotatable bonds is 3. The molecule has 0 aliphatic carbocycles. The molecule has 0 unspecified atom stereocenters. The Labute approximate surface area is 79.1 Å². The van der Waals surface area contributed by atoms with Gasteiger partial charge in [0.15, 0.2) is 11.6 Å². The molecule has 0 fully saturated rings. The predicted octanol–water partition coefficient (Wildman–Crippen LogP) is 0.367. The van der Waals surface area contributed by atoms with Crippen molar-refractivity contribution >= 4 is 11.6 Å². The van der Waals surface area contributed by atoms with Gasteiger partial charge in [-0.1, -0.05) is 0 Å². The highest BCUT2D eigenvalue weighted by Gasteiger charge is 2.03. The average Bonchev–Trinajstić information content (AvgIpc) is 2.19. The number of hydrazine groups is 1. The van der Waals surface area contributed by atoms with Gasteiger partial charge >= 0.3 is 0 Å². The van der Waals surface area contributed by atoms with E-state index < -0.39 is 17.5 Å². The number of anilines is 1. The largest absolute Gasteiger partial charge is 0.376 e. The van der Waals surface area contributed by atoms with Gasteiger partial charge in [-0.3, -0.25) is 10.2 Å². The molecule has 0 spiro atoms. The molecule has 4 nitrogen and oxygen atoms in total. The van der Waals surface area contributed by atoms with Crippen molar-refractivity contribution in [3.63, 3.8) is 0 Å². The van der Waals surface area contributed by atoms with Crippen molar-refractivity contribution in [1.82, 2.24) is 5.43 Å². The number of nitrogens with one attached hydrogen (secondary N) is 2. The van der Waals surface area contributed by atoms with Gasteiger partial charge in [0, 0.05) is 11.8 Å². The predicted molar refractivity (Wildman–Crippen MR) is 47.2 cm³/mol. The molecule has 4 N–H and O–H groups in total. The number of carbonyl (C=O) groups excluding carboxylic acids is 1. The van der Waals surface area contributed by atoms with Crippen molar-refractivity contribution in [2.75, 3.05) is 11.9 Å². The summed E-state index contributed by atoms with van der Waals surface area (Å²) >= 11 is 0. The molecule has 6 heteroatoms. The van der Waals surface area contributed by atoms with Gasteiger partial charge < -0.3 is 5.32 Å². The Bertz CT molecular complexity index is 343. The van der Waals surface area contributed by atoms with Gasteiger partial charge in [0.25, 0.3) is 5.91 Å². The molecular formula is C8H9F2N3O. The van der Waals surface area contributed by atoms with Crippen molar-refractivity contribution in [2.45, 2.75) is 0 Å². The number of halogens is 2. The summed E-state index contributed by atoms with van der Waals surface area (Å²) in [5.41, 5.74) is 2.20. The van der Waals surface area contributed by atoms with Crippen LogP contribution in [0.4, 0.5) is 14.5 Å².